The van der Waals surface area contributed by atoms with E-state index in [0.29, 0.717) is 0 Å². The first kappa shape index (κ1) is 12.5. The van der Waals surface area contributed by atoms with Crippen molar-refractivity contribution in [2.24, 2.45) is 0 Å². The summed E-state index contributed by atoms with van der Waals surface area (Å²) in [5, 5.41) is 3.44. The fourth-order valence-electron chi connectivity index (χ4n) is 2.58. The summed E-state index contributed by atoms with van der Waals surface area (Å²) >= 11 is 0. The second-order valence-electron chi connectivity index (χ2n) is 4.81. The Morgan fingerprint density at radius 1 is 1.41 bits per heavy atom. The second-order valence-corrected chi connectivity index (χ2v) is 4.81. The number of rotatable bonds is 5. The third-order valence-electron chi connectivity index (χ3n) is 3.44. The maximum atomic E-state index is 4.20. The summed E-state index contributed by atoms with van der Waals surface area (Å²) in [6, 6.07) is 4.95. The topological polar surface area (TPSA) is 28.2 Å². The van der Waals surface area contributed by atoms with Crippen LogP contribution >= 0.6 is 0 Å². The van der Waals surface area contributed by atoms with Gasteiger partial charge >= 0.3 is 0 Å². The van der Waals surface area contributed by atoms with E-state index in [0.717, 1.165) is 25.7 Å². The lowest BCUT2D eigenvalue weighted by Gasteiger charge is -2.34. The number of piperidine rings is 1. The van der Waals surface area contributed by atoms with Gasteiger partial charge in [0.2, 0.25) is 0 Å². The van der Waals surface area contributed by atoms with Gasteiger partial charge in [-0.1, -0.05) is 13.0 Å². The Labute approximate surface area is 104 Å². The molecule has 0 amide bonds. The lowest BCUT2D eigenvalue weighted by atomic mass is 10.0. The largest absolute Gasteiger partial charge is 0.317 e. The summed E-state index contributed by atoms with van der Waals surface area (Å²) in [6.45, 7) is 6.83. The molecule has 0 aliphatic carbocycles. The fraction of sp³-hybridized carbons (Fsp3) is 0.643. The van der Waals surface area contributed by atoms with E-state index in [4.69, 9.17) is 0 Å². The van der Waals surface area contributed by atoms with Crippen molar-refractivity contribution in [1.29, 1.82) is 0 Å². The van der Waals surface area contributed by atoms with Gasteiger partial charge in [-0.05, 0) is 50.5 Å². The summed E-state index contributed by atoms with van der Waals surface area (Å²) in [5.74, 6) is 0. The Morgan fingerprint density at radius 2 is 2.24 bits per heavy atom. The van der Waals surface area contributed by atoms with Crippen LogP contribution in [-0.4, -0.2) is 35.6 Å². The highest BCUT2D eigenvalue weighted by Crippen LogP contribution is 2.15. The molecule has 1 aromatic heterocycles. The van der Waals surface area contributed by atoms with Crippen LogP contribution in [0.3, 0.4) is 0 Å². The molecule has 0 radical (unpaired) electrons. The Kier molecular flexibility index (Phi) is 4.95. The zero-order valence-electron chi connectivity index (χ0n) is 10.7. The van der Waals surface area contributed by atoms with Crippen LogP contribution < -0.4 is 5.32 Å². The number of hydrogen-bond donors (Lipinski definition) is 1. The van der Waals surface area contributed by atoms with Gasteiger partial charge in [0, 0.05) is 25.0 Å². The van der Waals surface area contributed by atoms with E-state index in [9.17, 15) is 0 Å². The molecule has 1 N–H and O–H groups in total. The van der Waals surface area contributed by atoms with Crippen LogP contribution in [0.5, 0.6) is 0 Å². The van der Waals surface area contributed by atoms with Crippen molar-refractivity contribution in [3.63, 3.8) is 0 Å². The third-order valence-corrected chi connectivity index (χ3v) is 3.44. The SMILES string of the molecule is CCCN(Cc1cccnc1)C1CCNCC1. The minimum atomic E-state index is 0.747. The molecule has 0 bridgehead atoms. The predicted molar refractivity (Wildman–Crippen MR) is 70.8 cm³/mol. The Hall–Kier alpha value is -0.930. The zero-order chi connectivity index (χ0) is 11.9. The highest BCUT2D eigenvalue weighted by molar-refractivity contribution is 5.08. The quantitative estimate of drug-likeness (QED) is 0.843. The molecule has 1 fully saturated rings. The van der Waals surface area contributed by atoms with E-state index in [2.05, 4.69) is 28.2 Å². The summed E-state index contributed by atoms with van der Waals surface area (Å²) in [6.07, 6.45) is 7.62. The lowest BCUT2D eigenvalue weighted by molar-refractivity contribution is 0.154. The van der Waals surface area contributed by atoms with E-state index >= 15 is 0 Å². The molecule has 0 spiro atoms. The monoisotopic (exact) mass is 233 g/mol. The highest BCUT2D eigenvalue weighted by atomic mass is 15.2. The van der Waals surface area contributed by atoms with Crippen LogP contribution in [0.25, 0.3) is 0 Å². The predicted octanol–water partition coefficient (Wildman–Crippen LogP) is 2.05. The van der Waals surface area contributed by atoms with Crippen molar-refractivity contribution in [3.8, 4) is 0 Å². The van der Waals surface area contributed by atoms with Gasteiger partial charge in [-0.2, -0.15) is 0 Å². The molecule has 1 aliphatic heterocycles. The number of nitrogens with zero attached hydrogens (tertiary/aromatic N) is 2. The third kappa shape index (κ3) is 3.79. The van der Waals surface area contributed by atoms with Gasteiger partial charge in [0.05, 0.1) is 0 Å². The van der Waals surface area contributed by atoms with Gasteiger partial charge in [-0.25, -0.2) is 0 Å². The number of pyridine rings is 1. The van der Waals surface area contributed by atoms with Crippen molar-refractivity contribution in [2.45, 2.75) is 38.8 Å². The highest BCUT2D eigenvalue weighted by Gasteiger charge is 2.20. The van der Waals surface area contributed by atoms with Crippen molar-refractivity contribution in [1.82, 2.24) is 15.2 Å². The van der Waals surface area contributed by atoms with Crippen LogP contribution in [0.1, 0.15) is 31.7 Å². The Bertz CT molecular complexity index is 307. The van der Waals surface area contributed by atoms with Gasteiger partial charge in [0.1, 0.15) is 0 Å². The van der Waals surface area contributed by atoms with Gasteiger partial charge < -0.3 is 5.32 Å². The average Bonchev–Trinajstić information content (AvgIpc) is 2.40. The first-order valence-electron chi connectivity index (χ1n) is 6.74. The molecule has 0 saturated carbocycles. The minimum Gasteiger partial charge on any atom is -0.317 e. The van der Waals surface area contributed by atoms with Crippen LogP contribution in [-0.2, 0) is 6.54 Å². The molecule has 3 heteroatoms. The first-order chi connectivity index (χ1) is 8.40. The molecular formula is C14H23N3. The molecule has 2 heterocycles. The minimum absolute atomic E-state index is 0.747. The van der Waals surface area contributed by atoms with Crippen LogP contribution in [0, 0.1) is 0 Å². The summed E-state index contributed by atoms with van der Waals surface area (Å²) < 4.78 is 0. The normalized spacial score (nSPS) is 17.5. The standard InChI is InChI=1S/C14H23N3/c1-2-10-17(14-5-8-15-9-6-14)12-13-4-3-7-16-11-13/h3-4,7,11,14-15H,2,5-6,8-10,12H2,1H3. The van der Waals surface area contributed by atoms with E-state index in [-0.39, 0.29) is 0 Å². The fourth-order valence-corrected chi connectivity index (χ4v) is 2.58. The first-order valence-corrected chi connectivity index (χ1v) is 6.74. The molecule has 3 nitrogen and oxygen atoms in total. The second kappa shape index (κ2) is 6.72. The number of hydrogen-bond acceptors (Lipinski definition) is 3. The van der Waals surface area contributed by atoms with Gasteiger partial charge in [0.25, 0.3) is 0 Å². The van der Waals surface area contributed by atoms with E-state index < -0.39 is 0 Å². The van der Waals surface area contributed by atoms with Gasteiger partial charge in [0.15, 0.2) is 0 Å². The van der Waals surface area contributed by atoms with Gasteiger partial charge in [-0.15, -0.1) is 0 Å². The molecule has 2 rings (SSSR count). The Morgan fingerprint density at radius 3 is 2.88 bits per heavy atom. The van der Waals surface area contributed by atoms with Crippen LogP contribution in [0.15, 0.2) is 24.5 Å². The average molecular weight is 233 g/mol. The maximum absolute atomic E-state index is 4.20. The maximum Gasteiger partial charge on any atom is 0.0312 e. The summed E-state index contributed by atoms with van der Waals surface area (Å²) in [5.41, 5.74) is 1.33. The van der Waals surface area contributed by atoms with Crippen molar-refractivity contribution < 1.29 is 0 Å². The van der Waals surface area contributed by atoms with Crippen molar-refractivity contribution in [2.75, 3.05) is 19.6 Å². The molecule has 94 valence electrons. The molecular weight excluding hydrogens is 210 g/mol. The van der Waals surface area contributed by atoms with E-state index in [1.54, 1.807) is 0 Å². The van der Waals surface area contributed by atoms with Crippen LogP contribution in [0.2, 0.25) is 0 Å². The molecule has 0 aromatic carbocycles. The zero-order valence-corrected chi connectivity index (χ0v) is 10.7. The molecule has 0 atom stereocenters. The molecule has 1 aromatic rings. The van der Waals surface area contributed by atoms with E-state index in [1.165, 1.54) is 31.4 Å². The molecule has 1 saturated heterocycles. The molecule has 1 aliphatic rings. The number of nitrogens with one attached hydrogen (secondary N) is 1. The molecule has 0 unspecified atom stereocenters. The lowest BCUT2D eigenvalue weighted by Crippen LogP contribution is -2.43. The van der Waals surface area contributed by atoms with Crippen molar-refractivity contribution >= 4 is 0 Å². The van der Waals surface area contributed by atoms with Crippen molar-refractivity contribution in [3.05, 3.63) is 30.1 Å². The summed E-state index contributed by atoms with van der Waals surface area (Å²) in [4.78, 5) is 6.83. The molecule has 17 heavy (non-hydrogen) atoms. The van der Waals surface area contributed by atoms with Gasteiger partial charge in [-0.3, -0.25) is 9.88 Å². The van der Waals surface area contributed by atoms with Crippen LogP contribution in [0.4, 0.5) is 0 Å². The van der Waals surface area contributed by atoms with E-state index in [1.807, 2.05) is 18.5 Å². The number of aromatic nitrogens is 1. The smallest absolute Gasteiger partial charge is 0.0312 e. The summed E-state index contributed by atoms with van der Waals surface area (Å²) in [7, 11) is 0. The Balaban J connectivity index is 1.96.